The normalized spacial score (nSPS) is 10.6. The summed E-state index contributed by atoms with van der Waals surface area (Å²) in [7, 11) is 3.18. The van der Waals surface area contributed by atoms with Crippen molar-refractivity contribution >= 4 is 5.97 Å². The van der Waals surface area contributed by atoms with Crippen molar-refractivity contribution in [2.45, 2.75) is 19.9 Å². The van der Waals surface area contributed by atoms with Crippen LogP contribution in [0.15, 0.2) is 42.5 Å². The molecule has 0 aliphatic rings. The third kappa shape index (κ3) is 5.97. The van der Waals surface area contributed by atoms with Gasteiger partial charge in [-0.1, -0.05) is 19.1 Å². The summed E-state index contributed by atoms with van der Waals surface area (Å²) in [6.07, 6.45) is 0.909. The average molecular weight is 359 g/mol. The number of nitrogens with zero attached hydrogens (tertiary/aromatic N) is 1. The number of aliphatic carboxylic acids is 1. The van der Waals surface area contributed by atoms with E-state index in [1.807, 2.05) is 36.1 Å². The number of rotatable bonds is 10. The maximum absolute atomic E-state index is 11.0. The average Bonchev–Trinajstić information content (AvgIpc) is 2.62. The highest BCUT2D eigenvalue weighted by atomic mass is 16.5. The van der Waals surface area contributed by atoms with E-state index in [0.717, 1.165) is 18.5 Å². The minimum absolute atomic E-state index is 0.0374. The molecule has 0 heterocycles. The summed E-state index contributed by atoms with van der Waals surface area (Å²) in [5, 5.41) is 9.00. The zero-order valence-electron chi connectivity index (χ0n) is 15.4. The first-order valence-corrected chi connectivity index (χ1v) is 8.48. The van der Waals surface area contributed by atoms with Crippen LogP contribution >= 0.6 is 0 Å². The minimum atomic E-state index is -0.814. The molecule has 0 atom stereocenters. The van der Waals surface area contributed by atoms with Crippen LogP contribution in [0.25, 0.3) is 0 Å². The lowest BCUT2D eigenvalue weighted by atomic mass is 10.2. The first-order chi connectivity index (χ1) is 12.5. The molecule has 2 rings (SSSR count). The number of ether oxygens (including phenoxy) is 3. The Bertz CT molecular complexity index is 692. The van der Waals surface area contributed by atoms with Crippen LogP contribution < -0.4 is 14.2 Å². The smallest absolute Gasteiger partial charge is 0.317 e. The van der Waals surface area contributed by atoms with Gasteiger partial charge in [0.1, 0.15) is 23.0 Å². The summed E-state index contributed by atoms with van der Waals surface area (Å²) in [6.45, 7) is 3.41. The molecule has 0 unspecified atom stereocenters. The van der Waals surface area contributed by atoms with Crippen molar-refractivity contribution in [1.29, 1.82) is 0 Å². The van der Waals surface area contributed by atoms with Gasteiger partial charge < -0.3 is 19.3 Å². The Morgan fingerprint density at radius 3 is 2.04 bits per heavy atom. The van der Waals surface area contributed by atoms with E-state index in [0.29, 0.717) is 29.5 Å². The summed E-state index contributed by atoms with van der Waals surface area (Å²) < 4.78 is 16.3. The van der Waals surface area contributed by atoms with E-state index in [1.54, 1.807) is 32.4 Å². The number of methoxy groups -OCH3 is 2. The molecule has 0 saturated carbocycles. The quantitative estimate of drug-likeness (QED) is 0.696. The zero-order valence-corrected chi connectivity index (χ0v) is 15.4. The standard InChI is InChI=1S/C20H25NO5/c1-4-9-21(14-20(22)23)13-15-5-7-16(8-6-15)26-19-11-17(24-2)10-18(12-19)25-3/h5-8,10-12H,4,9,13-14H2,1-3H3,(H,22,23). The van der Waals surface area contributed by atoms with Crippen LogP contribution in [0.3, 0.4) is 0 Å². The summed E-state index contributed by atoms with van der Waals surface area (Å²) in [5.74, 6) is 1.79. The Balaban J connectivity index is 2.06. The van der Waals surface area contributed by atoms with Gasteiger partial charge in [0.05, 0.1) is 20.8 Å². The number of carbonyl (C=O) groups is 1. The molecule has 1 N–H and O–H groups in total. The van der Waals surface area contributed by atoms with Crippen molar-refractivity contribution < 1.29 is 24.1 Å². The molecule has 2 aromatic rings. The summed E-state index contributed by atoms with van der Waals surface area (Å²) in [6, 6.07) is 13.0. The van der Waals surface area contributed by atoms with E-state index in [2.05, 4.69) is 0 Å². The number of carboxylic acids is 1. The van der Waals surface area contributed by atoms with Gasteiger partial charge in [0.15, 0.2) is 0 Å². The SMILES string of the molecule is CCCN(CC(=O)O)Cc1ccc(Oc2cc(OC)cc(OC)c2)cc1. The van der Waals surface area contributed by atoms with E-state index in [1.165, 1.54) is 0 Å². The van der Waals surface area contributed by atoms with Gasteiger partial charge in [-0.25, -0.2) is 0 Å². The number of carboxylic acid groups (broad SMARTS) is 1. The largest absolute Gasteiger partial charge is 0.496 e. The van der Waals surface area contributed by atoms with Crippen molar-refractivity contribution in [1.82, 2.24) is 4.90 Å². The lowest BCUT2D eigenvalue weighted by molar-refractivity contribution is -0.138. The van der Waals surface area contributed by atoms with Gasteiger partial charge in [0.2, 0.25) is 0 Å². The highest BCUT2D eigenvalue weighted by Crippen LogP contribution is 2.30. The van der Waals surface area contributed by atoms with Crippen LogP contribution in [0.2, 0.25) is 0 Å². The number of hydrogen-bond acceptors (Lipinski definition) is 5. The van der Waals surface area contributed by atoms with Gasteiger partial charge in [-0.2, -0.15) is 0 Å². The summed E-state index contributed by atoms with van der Waals surface area (Å²) in [5.41, 5.74) is 1.04. The van der Waals surface area contributed by atoms with E-state index in [-0.39, 0.29) is 6.54 Å². The Kier molecular flexibility index (Phi) is 7.29. The molecule has 0 aliphatic heterocycles. The van der Waals surface area contributed by atoms with Crippen molar-refractivity contribution in [2.75, 3.05) is 27.3 Å². The Morgan fingerprint density at radius 1 is 0.962 bits per heavy atom. The fourth-order valence-corrected chi connectivity index (χ4v) is 2.62. The van der Waals surface area contributed by atoms with Gasteiger partial charge in [0.25, 0.3) is 0 Å². The topological polar surface area (TPSA) is 68.2 Å². The number of benzene rings is 2. The van der Waals surface area contributed by atoms with Crippen LogP contribution in [0.4, 0.5) is 0 Å². The minimum Gasteiger partial charge on any atom is -0.496 e. The monoisotopic (exact) mass is 359 g/mol. The van der Waals surface area contributed by atoms with Crippen molar-refractivity contribution in [2.24, 2.45) is 0 Å². The molecular weight excluding hydrogens is 334 g/mol. The predicted octanol–water partition coefficient (Wildman–Crippen LogP) is 3.79. The second-order valence-electron chi connectivity index (χ2n) is 5.90. The molecule has 6 nitrogen and oxygen atoms in total. The maximum atomic E-state index is 11.0. The Morgan fingerprint density at radius 2 is 1.54 bits per heavy atom. The molecule has 0 fully saturated rings. The van der Waals surface area contributed by atoms with Gasteiger partial charge >= 0.3 is 5.97 Å². The molecule has 0 amide bonds. The lowest BCUT2D eigenvalue weighted by Crippen LogP contribution is -2.30. The Hall–Kier alpha value is -2.73. The van der Waals surface area contributed by atoms with Crippen LogP contribution in [-0.2, 0) is 11.3 Å². The molecule has 0 spiro atoms. The molecule has 6 heteroatoms. The molecule has 0 aliphatic carbocycles. The molecule has 2 aromatic carbocycles. The molecule has 26 heavy (non-hydrogen) atoms. The zero-order chi connectivity index (χ0) is 18.9. The first kappa shape index (κ1) is 19.6. The van der Waals surface area contributed by atoms with Crippen molar-refractivity contribution in [3.05, 3.63) is 48.0 Å². The molecule has 0 bridgehead atoms. The van der Waals surface area contributed by atoms with Gasteiger partial charge in [0, 0.05) is 24.7 Å². The number of hydrogen-bond donors (Lipinski definition) is 1. The van der Waals surface area contributed by atoms with Crippen LogP contribution in [-0.4, -0.2) is 43.3 Å². The molecular formula is C20H25NO5. The van der Waals surface area contributed by atoms with Crippen LogP contribution in [0, 0.1) is 0 Å². The van der Waals surface area contributed by atoms with E-state index in [9.17, 15) is 4.79 Å². The van der Waals surface area contributed by atoms with E-state index < -0.39 is 5.97 Å². The Labute approximate surface area is 153 Å². The molecule has 0 saturated heterocycles. The van der Waals surface area contributed by atoms with Gasteiger partial charge in [-0.05, 0) is 30.7 Å². The van der Waals surface area contributed by atoms with Crippen molar-refractivity contribution in [3.8, 4) is 23.0 Å². The van der Waals surface area contributed by atoms with Gasteiger partial charge in [-0.15, -0.1) is 0 Å². The van der Waals surface area contributed by atoms with Gasteiger partial charge in [-0.3, -0.25) is 9.69 Å². The second kappa shape index (κ2) is 9.68. The van der Waals surface area contributed by atoms with Crippen LogP contribution in [0.5, 0.6) is 23.0 Å². The third-order valence-corrected chi connectivity index (χ3v) is 3.79. The summed E-state index contributed by atoms with van der Waals surface area (Å²) in [4.78, 5) is 12.9. The van der Waals surface area contributed by atoms with Crippen molar-refractivity contribution in [3.63, 3.8) is 0 Å². The highest BCUT2D eigenvalue weighted by Gasteiger charge is 2.10. The van der Waals surface area contributed by atoms with E-state index >= 15 is 0 Å². The highest BCUT2D eigenvalue weighted by molar-refractivity contribution is 5.69. The molecule has 0 aromatic heterocycles. The van der Waals surface area contributed by atoms with E-state index in [4.69, 9.17) is 19.3 Å². The fraction of sp³-hybridized carbons (Fsp3) is 0.350. The maximum Gasteiger partial charge on any atom is 0.317 e. The first-order valence-electron chi connectivity index (χ1n) is 8.48. The molecule has 140 valence electrons. The second-order valence-corrected chi connectivity index (χ2v) is 5.90. The fourth-order valence-electron chi connectivity index (χ4n) is 2.62. The third-order valence-electron chi connectivity index (χ3n) is 3.79. The lowest BCUT2D eigenvalue weighted by Gasteiger charge is -2.19. The van der Waals surface area contributed by atoms with Crippen LogP contribution in [0.1, 0.15) is 18.9 Å². The summed E-state index contributed by atoms with van der Waals surface area (Å²) >= 11 is 0. The predicted molar refractivity (Wildman–Crippen MR) is 99.3 cm³/mol. The molecule has 0 radical (unpaired) electrons.